The zero-order valence-electron chi connectivity index (χ0n) is 9.46. The van der Waals surface area contributed by atoms with Gasteiger partial charge < -0.3 is 25.1 Å². The van der Waals surface area contributed by atoms with E-state index in [4.69, 9.17) is 20.3 Å². The summed E-state index contributed by atoms with van der Waals surface area (Å²) in [6.07, 6.45) is -1.75. The molecular weight excluding hydrogens is 226 g/mol. The van der Waals surface area contributed by atoms with Crippen molar-refractivity contribution in [1.29, 1.82) is 0 Å². The number of methoxy groups -OCH3 is 1. The zero-order valence-corrected chi connectivity index (χ0v) is 9.46. The van der Waals surface area contributed by atoms with Gasteiger partial charge in [0.15, 0.2) is 17.6 Å². The first-order valence-electron chi connectivity index (χ1n) is 5.00. The van der Waals surface area contributed by atoms with E-state index >= 15 is 0 Å². The predicted octanol–water partition coefficient (Wildman–Crippen LogP) is 0.530. The number of carbonyl (C=O) groups excluding carboxylic acids is 1. The fourth-order valence-corrected chi connectivity index (χ4v) is 1.21. The van der Waals surface area contributed by atoms with E-state index in [9.17, 15) is 4.79 Å². The minimum Gasteiger partial charge on any atom is -0.493 e. The average molecular weight is 241 g/mol. The third kappa shape index (κ3) is 4.20. The molecular formula is C11H15NO5. The van der Waals surface area contributed by atoms with Crippen LogP contribution in [0.25, 0.3) is 0 Å². The molecule has 1 aromatic rings. The van der Waals surface area contributed by atoms with Gasteiger partial charge in [0.2, 0.25) is 0 Å². The Labute approximate surface area is 98.9 Å². The normalized spacial score (nSPS) is 11.6. The van der Waals surface area contributed by atoms with Crippen molar-refractivity contribution in [2.45, 2.75) is 6.10 Å². The lowest BCUT2D eigenvalue weighted by atomic mass is 10.3. The summed E-state index contributed by atoms with van der Waals surface area (Å²) >= 11 is 0. The number of nitrogens with two attached hydrogens (primary N) is 1. The lowest BCUT2D eigenvalue weighted by Crippen LogP contribution is -2.31. The number of hydrogen-bond donors (Lipinski definition) is 2. The number of ether oxygens (including phenoxy) is 3. The number of para-hydroxylation sites is 2. The molecule has 1 aromatic carbocycles. The van der Waals surface area contributed by atoms with Crippen molar-refractivity contribution in [3.8, 4) is 11.5 Å². The van der Waals surface area contributed by atoms with Crippen molar-refractivity contribution < 1.29 is 24.1 Å². The van der Waals surface area contributed by atoms with Crippen LogP contribution in [0.1, 0.15) is 0 Å². The van der Waals surface area contributed by atoms with Crippen molar-refractivity contribution in [1.82, 2.24) is 0 Å². The molecule has 0 aliphatic carbocycles. The molecule has 1 amide bonds. The molecule has 0 bridgehead atoms. The van der Waals surface area contributed by atoms with Crippen LogP contribution in [-0.4, -0.2) is 37.6 Å². The van der Waals surface area contributed by atoms with Gasteiger partial charge >= 0.3 is 6.09 Å². The Morgan fingerprint density at radius 1 is 1.41 bits per heavy atom. The summed E-state index contributed by atoms with van der Waals surface area (Å²) in [6, 6.07) is 7.02. The van der Waals surface area contributed by atoms with E-state index in [0.717, 1.165) is 0 Å². The van der Waals surface area contributed by atoms with Gasteiger partial charge in [0, 0.05) is 0 Å². The zero-order chi connectivity index (χ0) is 12.7. The van der Waals surface area contributed by atoms with Crippen LogP contribution in [0.4, 0.5) is 4.79 Å². The second-order valence-corrected chi connectivity index (χ2v) is 3.20. The fraction of sp³-hybridized carbons (Fsp3) is 0.364. The van der Waals surface area contributed by atoms with Crippen LogP contribution in [0.15, 0.2) is 24.3 Å². The van der Waals surface area contributed by atoms with E-state index in [0.29, 0.717) is 11.5 Å². The molecule has 0 aliphatic heterocycles. The summed E-state index contributed by atoms with van der Waals surface area (Å²) in [5.74, 6) is 1.06. The first-order valence-corrected chi connectivity index (χ1v) is 5.00. The lowest BCUT2D eigenvalue weighted by Gasteiger charge is -2.16. The van der Waals surface area contributed by atoms with Crippen LogP contribution in [0.3, 0.4) is 0 Å². The molecule has 0 radical (unpaired) electrons. The highest BCUT2D eigenvalue weighted by atomic mass is 16.6. The van der Waals surface area contributed by atoms with Crippen molar-refractivity contribution in [3.05, 3.63) is 24.3 Å². The third-order valence-electron chi connectivity index (χ3n) is 1.98. The second kappa shape index (κ2) is 6.59. The van der Waals surface area contributed by atoms with Crippen LogP contribution in [0.5, 0.6) is 11.5 Å². The SMILES string of the molecule is COc1ccccc1OC[C@@H](CO)OC(N)=O. The van der Waals surface area contributed by atoms with Gasteiger partial charge in [0.1, 0.15) is 6.61 Å². The Morgan fingerprint density at radius 2 is 2.06 bits per heavy atom. The van der Waals surface area contributed by atoms with Crippen LogP contribution in [0.2, 0.25) is 0 Å². The van der Waals surface area contributed by atoms with E-state index < -0.39 is 12.2 Å². The predicted molar refractivity (Wildman–Crippen MR) is 60.0 cm³/mol. The quantitative estimate of drug-likeness (QED) is 0.758. The number of aliphatic hydroxyl groups is 1. The third-order valence-corrected chi connectivity index (χ3v) is 1.98. The first-order chi connectivity index (χ1) is 8.17. The van der Waals surface area contributed by atoms with Crippen LogP contribution < -0.4 is 15.2 Å². The monoisotopic (exact) mass is 241 g/mol. The number of amides is 1. The largest absolute Gasteiger partial charge is 0.493 e. The Bertz CT molecular complexity index is 369. The fourth-order valence-electron chi connectivity index (χ4n) is 1.21. The molecule has 0 aliphatic rings. The number of hydrogen-bond acceptors (Lipinski definition) is 5. The molecule has 0 heterocycles. The minimum absolute atomic E-state index is 0.000185. The van der Waals surface area contributed by atoms with E-state index in [1.807, 2.05) is 0 Å². The standard InChI is InChI=1S/C11H15NO5/c1-15-9-4-2-3-5-10(9)16-7-8(6-13)17-11(12)14/h2-5,8,13H,6-7H2,1H3,(H2,12,14)/t8-/m1/s1. The van der Waals surface area contributed by atoms with E-state index in [2.05, 4.69) is 4.74 Å². The number of aliphatic hydroxyl groups excluding tert-OH is 1. The maximum atomic E-state index is 10.5. The highest BCUT2D eigenvalue weighted by Crippen LogP contribution is 2.25. The van der Waals surface area contributed by atoms with Gasteiger partial charge in [0.25, 0.3) is 0 Å². The molecule has 17 heavy (non-hydrogen) atoms. The summed E-state index contributed by atoms with van der Waals surface area (Å²) in [4.78, 5) is 10.5. The molecule has 6 nitrogen and oxygen atoms in total. The summed E-state index contributed by atoms with van der Waals surface area (Å²) in [6.45, 7) is -0.363. The van der Waals surface area contributed by atoms with Crippen molar-refractivity contribution in [3.63, 3.8) is 0 Å². The number of primary amides is 1. The average Bonchev–Trinajstić information content (AvgIpc) is 2.34. The Balaban J connectivity index is 2.56. The van der Waals surface area contributed by atoms with E-state index in [1.165, 1.54) is 7.11 Å². The van der Waals surface area contributed by atoms with Gasteiger partial charge in [-0.15, -0.1) is 0 Å². The van der Waals surface area contributed by atoms with Gasteiger partial charge in [-0.05, 0) is 12.1 Å². The van der Waals surface area contributed by atoms with Gasteiger partial charge in [-0.3, -0.25) is 0 Å². The highest BCUT2D eigenvalue weighted by molar-refractivity contribution is 5.64. The van der Waals surface area contributed by atoms with Crippen molar-refractivity contribution >= 4 is 6.09 Å². The number of carbonyl (C=O) groups is 1. The Morgan fingerprint density at radius 3 is 2.59 bits per heavy atom. The molecule has 1 rings (SSSR count). The van der Waals surface area contributed by atoms with Gasteiger partial charge in [-0.25, -0.2) is 4.79 Å². The van der Waals surface area contributed by atoms with Gasteiger partial charge in [-0.2, -0.15) is 0 Å². The maximum absolute atomic E-state index is 10.5. The number of rotatable bonds is 6. The molecule has 1 atom stereocenters. The summed E-state index contributed by atoms with van der Waals surface area (Å²) in [7, 11) is 1.52. The molecule has 3 N–H and O–H groups in total. The molecule has 6 heteroatoms. The van der Waals surface area contributed by atoms with Crippen molar-refractivity contribution in [2.75, 3.05) is 20.3 Å². The van der Waals surface area contributed by atoms with Crippen LogP contribution in [0, 0.1) is 0 Å². The molecule has 0 aromatic heterocycles. The first kappa shape index (κ1) is 13.1. The molecule has 0 saturated heterocycles. The minimum atomic E-state index is -0.951. The second-order valence-electron chi connectivity index (χ2n) is 3.20. The van der Waals surface area contributed by atoms with Crippen LogP contribution in [-0.2, 0) is 4.74 Å². The van der Waals surface area contributed by atoms with E-state index in [-0.39, 0.29) is 13.2 Å². The smallest absolute Gasteiger partial charge is 0.404 e. The summed E-state index contributed by atoms with van der Waals surface area (Å²) in [5.41, 5.74) is 4.84. The van der Waals surface area contributed by atoms with Gasteiger partial charge in [-0.1, -0.05) is 12.1 Å². The highest BCUT2D eigenvalue weighted by Gasteiger charge is 2.13. The van der Waals surface area contributed by atoms with Gasteiger partial charge in [0.05, 0.1) is 13.7 Å². The van der Waals surface area contributed by atoms with E-state index in [1.54, 1.807) is 24.3 Å². The molecule has 0 unspecified atom stereocenters. The Kier molecular flexibility index (Phi) is 5.09. The number of benzene rings is 1. The van der Waals surface area contributed by atoms with Crippen LogP contribution >= 0.6 is 0 Å². The molecule has 0 saturated carbocycles. The molecule has 94 valence electrons. The summed E-state index contributed by atoms with van der Waals surface area (Å²) < 4.78 is 15.1. The molecule has 0 spiro atoms. The summed E-state index contributed by atoms with van der Waals surface area (Å²) in [5, 5.41) is 8.94. The molecule has 0 fully saturated rings. The lowest BCUT2D eigenvalue weighted by molar-refractivity contribution is 0.0329. The maximum Gasteiger partial charge on any atom is 0.404 e. The van der Waals surface area contributed by atoms with Crippen molar-refractivity contribution in [2.24, 2.45) is 5.73 Å². The Hall–Kier alpha value is -1.95. The topological polar surface area (TPSA) is 91.0 Å².